The van der Waals surface area contributed by atoms with Crippen LogP contribution in [0, 0.1) is 0 Å². The van der Waals surface area contributed by atoms with E-state index in [-0.39, 0.29) is 5.25 Å². The van der Waals surface area contributed by atoms with Gasteiger partial charge in [-0.25, -0.2) is 0 Å². The standard InChI is InChI=1S/C9H13N3OS/c1-12-6-10-11-9(12)14-8-5-3-2-4-7(8)13/h6,8H,2-5H2,1H3. The fourth-order valence-corrected chi connectivity index (χ4v) is 2.68. The van der Waals surface area contributed by atoms with Crippen LogP contribution in [0.3, 0.4) is 0 Å². The predicted molar refractivity (Wildman–Crippen MR) is 54.1 cm³/mol. The van der Waals surface area contributed by atoms with Crippen LogP contribution in [-0.2, 0) is 11.8 Å². The van der Waals surface area contributed by atoms with Crippen LogP contribution >= 0.6 is 11.8 Å². The molecule has 0 spiro atoms. The molecule has 5 heteroatoms. The zero-order valence-corrected chi connectivity index (χ0v) is 8.96. The van der Waals surface area contributed by atoms with Gasteiger partial charge in [0.25, 0.3) is 0 Å². The van der Waals surface area contributed by atoms with Crippen molar-refractivity contribution in [2.45, 2.75) is 36.1 Å². The van der Waals surface area contributed by atoms with Crippen molar-refractivity contribution in [2.75, 3.05) is 0 Å². The Balaban J connectivity index is 2.03. The third-order valence-corrected chi connectivity index (χ3v) is 3.78. The molecule has 0 amide bonds. The fraction of sp³-hybridized carbons (Fsp3) is 0.667. The van der Waals surface area contributed by atoms with Crippen LogP contribution < -0.4 is 0 Å². The van der Waals surface area contributed by atoms with Crippen LogP contribution in [0.4, 0.5) is 0 Å². The maximum absolute atomic E-state index is 11.6. The molecule has 0 bridgehead atoms. The number of rotatable bonds is 2. The maximum atomic E-state index is 11.6. The summed E-state index contributed by atoms with van der Waals surface area (Å²) in [6, 6.07) is 0. The maximum Gasteiger partial charge on any atom is 0.191 e. The van der Waals surface area contributed by atoms with E-state index in [1.807, 2.05) is 11.6 Å². The molecule has 1 aromatic heterocycles. The lowest BCUT2D eigenvalue weighted by atomic mass is 9.99. The van der Waals surface area contributed by atoms with Crippen molar-refractivity contribution in [3.8, 4) is 0 Å². The van der Waals surface area contributed by atoms with Crippen LogP contribution in [-0.4, -0.2) is 25.8 Å². The molecule has 1 heterocycles. The summed E-state index contributed by atoms with van der Waals surface area (Å²) in [5.74, 6) is 0.365. The lowest BCUT2D eigenvalue weighted by molar-refractivity contribution is -0.119. The number of aryl methyl sites for hydroxylation is 1. The first-order valence-corrected chi connectivity index (χ1v) is 5.68. The number of hydrogen-bond donors (Lipinski definition) is 0. The van der Waals surface area contributed by atoms with Gasteiger partial charge >= 0.3 is 0 Å². The average Bonchev–Trinajstić information content (AvgIpc) is 2.56. The van der Waals surface area contributed by atoms with Crippen molar-refractivity contribution in [1.29, 1.82) is 0 Å². The van der Waals surface area contributed by atoms with Crippen molar-refractivity contribution in [3.05, 3.63) is 6.33 Å². The SMILES string of the molecule is Cn1cnnc1SC1CCCCC1=O. The second-order valence-corrected chi connectivity index (χ2v) is 4.71. The van der Waals surface area contributed by atoms with Gasteiger partial charge in [-0.1, -0.05) is 18.2 Å². The lowest BCUT2D eigenvalue weighted by Gasteiger charge is -2.18. The lowest BCUT2D eigenvalue weighted by Crippen LogP contribution is -2.21. The Hall–Kier alpha value is -0.840. The van der Waals surface area contributed by atoms with Gasteiger partial charge in [0.05, 0.1) is 5.25 Å². The number of carbonyl (C=O) groups is 1. The number of ketones is 1. The van der Waals surface area contributed by atoms with Crippen molar-refractivity contribution < 1.29 is 4.79 Å². The van der Waals surface area contributed by atoms with Gasteiger partial charge < -0.3 is 4.57 Å². The first-order valence-electron chi connectivity index (χ1n) is 4.81. The minimum atomic E-state index is 0.103. The number of hydrogen-bond acceptors (Lipinski definition) is 4. The molecular weight excluding hydrogens is 198 g/mol. The summed E-state index contributed by atoms with van der Waals surface area (Å²) in [6.45, 7) is 0. The van der Waals surface area contributed by atoms with Crippen molar-refractivity contribution in [1.82, 2.24) is 14.8 Å². The van der Waals surface area contributed by atoms with E-state index in [0.29, 0.717) is 5.78 Å². The van der Waals surface area contributed by atoms with Crippen LogP contribution in [0.25, 0.3) is 0 Å². The van der Waals surface area contributed by atoms with E-state index in [9.17, 15) is 4.79 Å². The molecule has 1 aliphatic carbocycles. The minimum absolute atomic E-state index is 0.103. The summed E-state index contributed by atoms with van der Waals surface area (Å²) in [5, 5.41) is 8.70. The van der Waals surface area contributed by atoms with E-state index >= 15 is 0 Å². The molecule has 0 N–H and O–H groups in total. The first kappa shape index (κ1) is 9.71. The number of thioether (sulfide) groups is 1. The Kier molecular flexibility index (Phi) is 2.86. The van der Waals surface area contributed by atoms with Gasteiger partial charge in [-0.05, 0) is 12.8 Å². The Morgan fingerprint density at radius 1 is 1.57 bits per heavy atom. The second kappa shape index (κ2) is 4.13. The van der Waals surface area contributed by atoms with Gasteiger partial charge in [0, 0.05) is 13.5 Å². The molecule has 0 aromatic carbocycles. The van der Waals surface area contributed by atoms with E-state index in [4.69, 9.17) is 0 Å². The highest BCUT2D eigenvalue weighted by atomic mass is 32.2. The highest BCUT2D eigenvalue weighted by molar-refractivity contribution is 8.00. The van der Waals surface area contributed by atoms with Gasteiger partial charge in [-0.2, -0.15) is 0 Å². The van der Waals surface area contributed by atoms with Crippen LogP contribution in [0.2, 0.25) is 0 Å². The quantitative estimate of drug-likeness (QED) is 0.742. The van der Waals surface area contributed by atoms with Crippen molar-refractivity contribution >= 4 is 17.5 Å². The molecule has 1 unspecified atom stereocenters. The highest BCUT2D eigenvalue weighted by Gasteiger charge is 2.24. The van der Waals surface area contributed by atoms with Gasteiger partial charge in [-0.3, -0.25) is 4.79 Å². The first-order chi connectivity index (χ1) is 6.77. The molecule has 76 valence electrons. The summed E-state index contributed by atoms with van der Waals surface area (Å²) >= 11 is 1.55. The Morgan fingerprint density at radius 2 is 2.43 bits per heavy atom. The predicted octanol–water partition coefficient (Wildman–Crippen LogP) is 1.42. The molecule has 2 rings (SSSR count). The molecule has 1 atom stereocenters. The number of aromatic nitrogens is 3. The zero-order valence-electron chi connectivity index (χ0n) is 8.14. The second-order valence-electron chi connectivity index (χ2n) is 3.54. The third-order valence-electron chi connectivity index (χ3n) is 2.42. The van der Waals surface area contributed by atoms with Gasteiger partial charge in [-0.15, -0.1) is 10.2 Å². The van der Waals surface area contributed by atoms with Crippen molar-refractivity contribution in [2.24, 2.45) is 7.05 Å². The van der Waals surface area contributed by atoms with Crippen molar-refractivity contribution in [3.63, 3.8) is 0 Å². The largest absolute Gasteiger partial charge is 0.312 e. The number of carbonyl (C=O) groups excluding carboxylic acids is 1. The highest BCUT2D eigenvalue weighted by Crippen LogP contribution is 2.29. The van der Waals surface area contributed by atoms with Crippen LogP contribution in [0.5, 0.6) is 0 Å². The average molecular weight is 211 g/mol. The molecule has 1 aliphatic rings. The molecule has 0 saturated heterocycles. The summed E-state index contributed by atoms with van der Waals surface area (Å²) < 4.78 is 1.85. The number of Topliss-reactive ketones (excluding diaryl/α,β-unsaturated/α-hetero) is 1. The van der Waals surface area contributed by atoms with E-state index < -0.39 is 0 Å². The van der Waals surface area contributed by atoms with Gasteiger partial charge in [0.1, 0.15) is 12.1 Å². The third kappa shape index (κ3) is 1.97. The topological polar surface area (TPSA) is 47.8 Å². The summed E-state index contributed by atoms with van der Waals surface area (Å²) in [7, 11) is 1.90. The monoisotopic (exact) mass is 211 g/mol. The normalized spacial score (nSPS) is 22.6. The molecule has 1 aromatic rings. The smallest absolute Gasteiger partial charge is 0.191 e. The van der Waals surface area contributed by atoms with Crippen LogP contribution in [0.15, 0.2) is 11.5 Å². The van der Waals surface area contributed by atoms with Crippen LogP contribution in [0.1, 0.15) is 25.7 Å². The Labute approximate surface area is 87.1 Å². The summed E-state index contributed by atoms with van der Waals surface area (Å²) in [5.41, 5.74) is 0. The molecule has 14 heavy (non-hydrogen) atoms. The molecule has 0 radical (unpaired) electrons. The summed E-state index contributed by atoms with van der Waals surface area (Å²) in [6.07, 6.45) is 5.58. The van der Waals surface area contributed by atoms with E-state index in [2.05, 4.69) is 10.2 Å². The molecule has 1 fully saturated rings. The summed E-state index contributed by atoms with van der Waals surface area (Å²) in [4.78, 5) is 11.6. The van der Waals surface area contributed by atoms with E-state index in [0.717, 1.165) is 30.8 Å². The van der Waals surface area contributed by atoms with Gasteiger partial charge in [0.15, 0.2) is 5.16 Å². The molecular formula is C9H13N3OS. The fourth-order valence-electron chi connectivity index (χ4n) is 1.58. The van der Waals surface area contributed by atoms with E-state index in [1.165, 1.54) is 0 Å². The van der Waals surface area contributed by atoms with E-state index in [1.54, 1.807) is 18.1 Å². The number of nitrogens with zero attached hydrogens (tertiary/aromatic N) is 3. The minimum Gasteiger partial charge on any atom is -0.312 e. The molecule has 0 aliphatic heterocycles. The Bertz CT molecular complexity index is 337. The molecule has 4 nitrogen and oxygen atoms in total. The Morgan fingerprint density at radius 3 is 3.07 bits per heavy atom. The molecule has 1 saturated carbocycles. The van der Waals surface area contributed by atoms with Gasteiger partial charge in [0.2, 0.25) is 0 Å². The zero-order chi connectivity index (χ0) is 9.97.